The van der Waals surface area contributed by atoms with E-state index in [-0.39, 0.29) is 11.3 Å². The number of carbonyl (C=O) groups is 2. The van der Waals surface area contributed by atoms with Gasteiger partial charge < -0.3 is 19.9 Å². The Kier molecular flexibility index (Phi) is 6.98. The third-order valence-electron chi connectivity index (χ3n) is 3.49. The molecule has 6 nitrogen and oxygen atoms in total. The Balaban J connectivity index is 2.14. The van der Waals surface area contributed by atoms with E-state index in [0.717, 1.165) is 5.56 Å². The average Bonchev–Trinajstić information content (AvgIpc) is 2.64. The predicted octanol–water partition coefficient (Wildman–Crippen LogP) is 2.52. The molecule has 132 valence electrons. The van der Waals surface area contributed by atoms with E-state index in [1.807, 2.05) is 30.3 Å². The third-order valence-corrected chi connectivity index (χ3v) is 3.49. The van der Waals surface area contributed by atoms with Crippen LogP contribution in [0.3, 0.4) is 0 Å². The summed E-state index contributed by atoms with van der Waals surface area (Å²) in [7, 11) is 1.78. The fourth-order valence-electron chi connectivity index (χ4n) is 2.20. The number of benzene rings is 2. The van der Waals surface area contributed by atoms with Crippen molar-refractivity contribution in [3.05, 3.63) is 59.7 Å². The Bertz CT molecular complexity index is 702. The number of aldehydes is 1. The van der Waals surface area contributed by atoms with Crippen LogP contribution in [0.15, 0.2) is 48.5 Å². The molecule has 0 heterocycles. The Labute approximate surface area is 146 Å². The number of nitrogens with one attached hydrogen (secondary N) is 1. The van der Waals surface area contributed by atoms with E-state index in [1.54, 1.807) is 13.1 Å². The molecule has 0 aliphatic heterocycles. The van der Waals surface area contributed by atoms with Crippen LogP contribution in [0.4, 0.5) is 0 Å². The van der Waals surface area contributed by atoms with Crippen LogP contribution in [0.25, 0.3) is 0 Å². The van der Waals surface area contributed by atoms with Crippen molar-refractivity contribution < 1.29 is 24.2 Å². The number of aromatic carboxylic acids is 1. The molecular weight excluding hydrogens is 322 g/mol. The Hall–Kier alpha value is -2.86. The zero-order valence-electron chi connectivity index (χ0n) is 14.0. The van der Waals surface area contributed by atoms with E-state index in [2.05, 4.69) is 5.32 Å². The second-order valence-corrected chi connectivity index (χ2v) is 5.46. The number of carboxylic acids is 1. The van der Waals surface area contributed by atoms with Crippen molar-refractivity contribution in [1.29, 1.82) is 0 Å². The van der Waals surface area contributed by atoms with Crippen LogP contribution in [-0.4, -0.2) is 37.1 Å². The van der Waals surface area contributed by atoms with Gasteiger partial charge >= 0.3 is 5.97 Å². The summed E-state index contributed by atoms with van der Waals surface area (Å²) in [5, 5.41) is 12.2. The maximum atomic E-state index is 11.3. The van der Waals surface area contributed by atoms with Gasteiger partial charge in [0.2, 0.25) is 0 Å². The lowest BCUT2D eigenvalue weighted by Gasteiger charge is -2.15. The van der Waals surface area contributed by atoms with Crippen molar-refractivity contribution in [2.24, 2.45) is 0 Å². The molecule has 2 aromatic rings. The molecule has 2 rings (SSSR count). The highest BCUT2D eigenvalue weighted by Crippen LogP contribution is 2.25. The van der Waals surface area contributed by atoms with Crippen LogP contribution >= 0.6 is 0 Å². The molecular formula is C19H21NO5. The first-order chi connectivity index (χ1) is 12.1. The fourth-order valence-corrected chi connectivity index (χ4v) is 2.20. The van der Waals surface area contributed by atoms with Gasteiger partial charge in [0, 0.05) is 12.5 Å². The summed E-state index contributed by atoms with van der Waals surface area (Å²) in [5.41, 5.74) is 1.00. The first-order valence-electron chi connectivity index (χ1n) is 7.94. The second kappa shape index (κ2) is 9.44. The maximum Gasteiger partial charge on any atom is 0.335 e. The normalized spacial score (nSPS) is 11.6. The van der Waals surface area contributed by atoms with Gasteiger partial charge in [0.25, 0.3) is 0 Å². The highest BCUT2D eigenvalue weighted by Gasteiger charge is 2.13. The first-order valence-corrected chi connectivity index (χ1v) is 7.94. The summed E-state index contributed by atoms with van der Waals surface area (Å²) in [6.07, 6.45) is 0.533. The minimum atomic E-state index is -1.09. The van der Waals surface area contributed by atoms with Crippen molar-refractivity contribution >= 4 is 12.3 Å². The number of carboxylic acid groups (broad SMARTS) is 1. The molecule has 0 bridgehead atoms. The molecule has 0 aliphatic rings. The molecule has 0 fully saturated rings. The van der Waals surface area contributed by atoms with Crippen molar-refractivity contribution in [2.75, 3.05) is 13.6 Å². The number of rotatable bonds is 10. The van der Waals surface area contributed by atoms with E-state index >= 15 is 0 Å². The monoisotopic (exact) mass is 343 g/mol. The van der Waals surface area contributed by atoms with Crippen LogP contribution in [0.2, 0.25) is 0 Å². The topological polar surface area (TPSA) is 84.9 Å². The van der Waals surface area contributed by atoms with Crippen molar-refractivity contribution in [2.45, 2.75) is 19.1 Å². The van der Waals surface area contributed by atoms with Crippen LogP contribution in [0, 0.1) is 0 Å². The smallest absolute Gasteiger partial charge is 0.335 e. The van der Waals surface area contributed by atoms with Crippen molar-refractivity contribution in [1.82, 2.24) is 5.32 Å². The Morgan fingerprint density at radius 2 is 1.92 bits per heavy atom. The molecule has 0 aliphatic carbocycles. The van der Waals surface area contributed by atoms with Crippen LogP contribution in [-0.2, 0) is 11.4 Å². The molecule has 0 aromatic heterocycles. The van der Waals surface area contributed by atoms with Crippen LogP contribution < -0.4 is 14.8 Å². The van der Waals surface area contributed by atoms with Gasteiger partial charge in [0.1, 0.15) is 18.1 Å². The molecule has 2 N–H and O–H groups in total. The lowest BCUT2D eigenvalue weighted by atomic mass is 10.2. The fraction of sp³-hybridized carbons (Fsp3) is 0.263. The summed E-state index contributed by atoms with van der Waals surface area (Å²) < 4.78 is 11.3. The molecule has 1 atom stereocenters. The summed E-state index contributed by atoms with van der Waals surface area (Å²) >= 11 is 0. The van der Waals surface area contributed by atoms with Gasteiger partial charge in [-0.3, -0.25) is 4.79 Å². The predicted molar refractivity (Wildman–Crippen MR) is 93.2 cm³/mol. The third kappa shape index (κ3) is 5.93. The maximum absolute atomic E-state index is 11.3. The molecule has 1 unspecified atom stereocenters. The second-order valence-electron chi connectivity index (χ2n) is 5.46. The zero-order valence-corrected chi connectivity index (χ0v) is 14.0. The summed E-state index contributed by atoms with van der Waals surface area (Å²) in [4.78, 5) is 22.4. The minimum absolute atomic E-state index is 0.0406. The highest BCUT2D eigenvalue weighted by atomic mass is 16.5. The molecule has 2 aromatic carbocycles. The van der Waals surface area contributed by atoms with Crippen LogP contribution in [0.1, 0.15) is 22.3 Å². The van der Waals surface area contributed by atoms with Crippen molar-refractivity contribution in [3.8, 4) is 11.5 Å². The molecule has 0 saturated carbocycles. The van der Waals surface area contributed by atoms with E-state index < -0.39 is 12.1 Å². The number of ether oxygens (including phenoxy) is 2. The largest absolute Gasteiger partial charge is 0.489 e. The van der Waals surface area contributed by atoms with Gasteiger partial charge in [0.15, 0.2) is 12.4 Å². The number of hydrogen-bond acceptors (Lipinski definition) is 5. The number of hydrogen-bond donors (Lipinski definition) is 2. The van der Waals surface area contributed by atoms with E-state index in [0.29, 0.717) is 31.6 Å². The SMILES string of the molecule is CNCCC(C=O)Oc1cc(OCc2ccccc2)cc(C(=O)O)c1. The molecule has 0 amide bonds. The molecule has 0 spiro atoms. The Morgan fingerprint density at radius 1 is 1.20 bits per heavy atom. The van der Waals surface area contributed by atoms with Gasteiger partial charge in [0.05, 0.1) is 5.56 Å². The first kappa shape index (κ1) is 18.5. The van der Waals surface area contributed by atoms with Gasteiger partial charge in [-0.15, -0.1) is 0 Å². The zero-order chi connectivity index (χ0) is 18.1. The standard InChI is InChI=1S/C19H21NO5/c1-20-8-7-16(12-21)25-18-10-15(19(22)23)9-17(11-18)24-13-14-5-3-2-4-6-14/h2-6,9-12,16,20H,7-8,13H2,1H3,(H,22,23). The number of carbonyl (C=O) groups excluding carboxylic acids is 1. The van der Waals surface area contributed by atoms with E-state index in [9.17, 15) is 14.7 Å². The molecule has 0 saturated heterocycles. The van der Waals surface area contributed by atoms with Gasteiger partial charge in [-0.2, -0.15) is 0 Å². The Morgan fingerprint density at radius 3 is 2.56 bits per heavy atom. The quantitative estimate of drug-likeness (QED) is 0.645. The summed E-state index contributed by atoms with van der Waals surface area (Å²) in [6.45, 7) is 0.916. The highest BCUT2D eigenvalue weighted by molar-refractivity contribution is 5.88. The molecule has 25 heavy (non-hydrogen) atoms. The van der Waals surface area contributed by atoms with Gasteiger partial charge in [-0.1, -0.05) is 30.3 Å². The van der Waals surface area contributed by atoms with Crippen molar-refractivity contribution in [3.63, 3.8) is 0 Å². The van der Waals surface area contributed by atoms with Gasteiger partial charge in [-0.25, -0.2) is 4.79 Å². The molecule has 6 heteroatoms. The van der Waals surface area contributed by atoms with Gasteiger partial charge in [-0.05, 0) is 31.3 Å². The lowest BCUT2D eigenvalue weighted by molar-refractivity contribution is -0.113. The van der Waals surface area contributed by atoms with E-state index in [4.69, 9.17) is 9.47 Å². The molecule has 0 radical (unpaired) electrons. The summed E-state index contributed by atoms with van der Waals surface area (Å²) in [5.74, 6) is -0.430. The average molecular weight is 343 g/mol. The van der Waals surface area contributed by atoms with Crippen LogP contribution in [0.5, 0.6) is 11.5 Å². The lowest BCUT2D eigenvalue weighted by Crippen LogP contribution is -2.23. The summed E-state index contributed by atoms with van der Waals surface area (Å²) in [6, 6.07) is 13.9. The van der Waals surface area contributed by atoms with E-state index in [1.165, 1.54) is 12.1 Å². The minimum Gasteiger partial charge on any atom is -0.489 e.